The van der Waals surface area contributed by atoms with Crippen LogP contribution in [0.15, 0.2) is 42.5 Å². The summed E-state index contributed by atoms with van der Waals surface area (Å²) in [4.78, 5) is 30.5. The summed E-state index contributed by atoms with van der Waals surface area (Å²) in [6, 6.07) is 13.0. The number of amides is 2. The van der Waals surface area contributed by atoms with Crippen LogP contribution in [0.1, 0.15) is 61.9 Å². The molecule has 1 heterocycles. The van der Waals surface area contributed by atoms with E-state index < -0.39 is 0 Å². The maximum atomic E-state index is 13.7. The number of aliphatic hydroxyl groups is 1. The van der Waals surface area contributed by atoms with Crippen LogP contribution < -0.4 is 14.8 Å². The Balaban J connectivity index is 1.55. The van der Waals surface area contributed by atoms with Gasteiger partial charge in [-0.1, -0.05) is 38.3 Å². The molecule has 0 aromatic heterocycles. The van der Waals surface area contributed by atoms with E-state index in [1.165, 1.54) is 12.0 Å². The van der Waals surface area contributed by atoms with Crippen molar-refractivity contribution in [2.45, 2.75) is 64.6 Å². The van der Waals surface area contributed by atoms with E-state index in [1.807, 2.05) is 25.1 Å². The number of nitrogens with one attached hydrogen (secondary N) is 1. The molecule has 0 spiro atoms. The van der Waals surface area contributed by atoms with Crippen molar-refractivity contribution >= 4 is 17.5 Å². The minimum Gasteiger partial charge on any atom is -0.497 e. The fraction of sp³-hybridized carbons (Fsp3) is 0.548. The van der Waals surface area contributed by atoms with Gasteiger partial charge in [0, 0.05) is 37.2 Å². The van der Waals surface area contributed by atoms with E-state index in [-0.39, 0.29) is 42.4 Å². The average Bonchev–Trinajstić information content (AvgIpc) is 2.95. The SMILES string of the molecule is COc1ccc(CN(C)C[C@H]2Oc3ccc(NC(=O)C4CCCCC4)cc3C(=O)N([C@H](C)CO)C[C@@H]2C)cc1. The minimum absolute atomic E-state index is 0.0149. The Morgan fingerprint density at radius 1 is 1.18 bits per heavy atom. The van der Waals surface area contributed by atoms with Crippen LogP contribution in [-0.2, 0) is 11.3 Å². The van der Waals surface area contributed by atoms with Gasteiger partial charge in [0.15, 0.2) is 0 Å². The topological polar surface area (TPSA) is 91.3 Å². The third-order valence-electron chi connectivity index (χ3n) is 8.01. The highest BCUT2D eigenvalue weighted by Gasteiger charge is 2.34. The van der Waals surface area contributed by atoms with E-state index in [9.17, 15) is 14.7 Å². The Kier molecular flexibility index (Phi) is 9.86. The molecule has 8 heteroatoms. The van der Waals surface area contributed by atoms with Crippen LogP contribution in [-0.4, -0.2) is 72.7 Å². The van der Waals surface area contributed by atoms with Gasteiger partial charge in [-0.15, -0.1) is 0 Å². The Hall–Kier alpha value is -3.10. The van der Waals surface area contributed by atoms with E-state index in [0.29, 0.717) is 30.1 Å². The van der Waals surface area contributed by atoms with Crippen molar-refractivity contribution in [2.24, 2.45) is 11.8 Å². The van der Waals surface area contributed by atoms with Gasteiger partial charge in [0.25, 0.3) is 5.91 Å². The molecular formula is C31H43N3O5. The molecular weight excluding hydrogens is 494 g/mol. The smallest absolute Gasteiger partial charge is 0.258 e. The van der Waals surface area contributed by atoms with Gasteiger partial charge in [0.1, 0.15) is 17.6 Å². The lowest BCUT2D eigenvalue weighted by atomic mass is 9.88. The number of aliphatic hydroxyl groups excluding tert-OH is 1. The average molecular weight is 538 g/mol. The van der Waals surface area contributed by atoms with E-state index in [1.54, 1.807) is 24.1 Å². The molecule has 0 radical (unpaired) electrons. The number of anilines is 1. The van der Waals surface area contributed by atoms with Crippen molar-refractivity contribution in [1.82, 2.24) is 9.80 Å². The maximum Gasteiger partial charge on any atom is 0.258 e. The fourth-order valence-corrected chi connectivity index (χ4v) is 5.54. The Morgan fingerprint density at radius 2 is 1.90 bits per heavy atom. The molecule has 1 aliphatic carbocycles. The van der Waals surface area contributed by atoms with Crippen LogP contribution in [0.4, 0.5) is 5.69 Å². The summed E-state index contributed by atoms with van der Waals surface area (Å²) in [5, 5.41) is 13.0. The van der Waals surface area contributed by atoms with Crippen molar-refractivity contribution in [3.05, 3.63) is 53.6 Å². The number of carbonyl (C=O) groups excluding carboxylic acids is 2. The minimum atomic E-state index is -0.343. The van der Waals surface area contributed by atoms with Crippen molar-refractivity contribution in [3.8, 4) is 11.5 Å². The molecule has 0 bridgehead atoms. The van der Waals surface area contributed by atoms with Gasteiger partial charge in [0.05, 0.1) is 25.3 Å². The molecule has 39 heavy (non-hydrogen) atoms. The molecule has 1 aliphatic heterocycles. The van der Waals surface area contributed by atoms with Crippen molar-refractivity contribution in [3.63, 3.8) is 0 Å². The third kappa shape index (κ3) is 7.31. The summed E-state index contributed by atoms with van der Waals surface area (Å²) >= 11 is 0. The van der Waals surface area contributed by atoms with Crippen LogP contribution in [0.3, 0.4) is 0 Å². The Bertz CT molecular complexity index is 1120. The van der Waals surface area contributed by atoms with Crippen LogP contribution in [0.5, 0.6) is 11.5 Å². The first-order valence-corrected chi connectivity index (χ1v) is 14.1. The van der Waals surface area contributed by atoms with Gasteiger partial charge in [-0.2, -0.15) is 0 Å². The number of fused-ring (bicyclic) bond motifs is 1. The first-order valence-electron chi connectivity index (χ1n) is 14.1. The fourth-order valence-electron chi connectivity index (χ4n) is 5.54. The first kappa shape index (κ1) is 28.9. The van der Waals surface area contributed by atoms with E-state index >= 15 is 0 Å². The third-order valence-corrected chi connectivity index (χ3v) is 8.01. The van der Waals surface area contributed by atoms with Gasteiger partial charge in [0.2, 0.25) is 5.91 Å². The van der Waals surface area contributed by atoms with E-state index in [2.05, 4.69) is 36.3 Å². The highest BCUT2D eigenvalue weighted by molar-refractivity contribution is 6.00. The second-order valence-corrected chi connectivity index (χ2v) is 11.2. The van der Waals surface area contributed by atoms with Gasteiger partial charge >= 0.3 is 0 Å². The first-order chi connectivity index (χ1) is 18.8. The van der Waals surface area contributed by atoms with Crippen LogP contribution in [0.2, 0.25) is 0 Å². The van der Waals surface area contributed by atoms with E-state index in [0.717, 1.165) is 38.0 Å². The number of likely N-dealkylation sites (N-methyl/N-ethyl adjacent to an activating group) is 1. The molecule has 2 N–H and O–H groups in total. The summed E-state index contributed by atoms with van der Waals surface area (Å²) < 4.78 is 11.8. The summed E-state index contributed by atoms with van der Waals surface area (Å²) in [6.07, 6.45) is 4.97. The number of methoxy groups -OCH3 is 1. The summed E-state index contributed by atoms with van der Waals surface area (Å²) in [5.41, 5.74) is 2.17. The summed E-state index contributed by atoms with van der Waals surface area (Å²) in [6.45, 7) is 5.66. The molecule has 0 saturated heterocycles. The summed E-state index contributed by atoms with van der Waals surface area (Å²) in [7, 11) is 3.72. The predicted octanol–water partition coefficient (Wildman–Crippen LogP) is 4.57. The number of carbonyl (C=O) groups is 2. The lowest BCUT2D eigenvalue weighted by molar-refractivity contribution is -0.120. The summed E-state index contributed by atoms with van der Waals surface area (Å²) in [5.74, 6) is 1.19. The number of rotatable bonds is 9. The second-order valence-electron chi connectivity index (χ2n) is 11.2. The lowest BCUT2D eigenvalue weighted by Crippen LogP contribution is -2.49. The van der Waals surface area contributed by atoms with Crippen LogP contribution in [0.25, 0.3) is 0 Å². The zero-order valence-corrected chi connectivity index (χ0v) is 23.7. The number of hydrogen-bond donors (Lipinski definition) is 2. The maximum absolute atomic E-state index is 13.7. The zero-order chi connectivity index (χ0) is 27.9. The normalized spacial score (nSPS) is 21.0. The van der Waals surface area contributed by atoms with E-state index in [4.69, 9.17) is 9.47 Å². The highest BCUT2D eigenvalue weighted by atomic mass is 16.5. The standard InChI is InChI=1S/C31H43N3O5/c1-21-17-34(22(2)20-35)31(37)27-16-25(32-30(36)24-8-6-5-7-9-24)12-15-28(27)39-29(21)19-33(3)18-23-10-13-26(38-4)14-11-23/h10-16,21-22,24,29,35H,5-9,17-20H2,1-4H3,(H,32,36)/t21-,22+,29+/m0/s1. The molecule has 212 valence electrons. The molecule has 2 amide bonds. The molecule has 2 aromatic carbocycles. The molecule has 1 fully saturated rings. The monoisotopic (exact) mass is 537 g/mol. The predicted molar refractivity (Wildman–Crippen MR) is 152 cm³/mol. The second kappa shape index (κ2) is 13.3. The molecule has 8 nitrogen and oxygen atoms in total. The molecule has 2 aromatic rings. The van der Waals surface area contributed by atoms with Crippen LogP contribution in [0, 0.1) is 11.8 Å². The van der Waals surface area contributed by atoms with Crippen molar-refractivity contribution < 1.29 is 24.2 Å². The number of ether oxygens (including phenoxy) is 2. The largest absolute Gasteiger partial charge is 0.497 e. The molecule has 4 rings (SSSR count). The molecule has 0 unspecified atom stereocenters. The molecule has 1 saturated carbocycles. The van der Waals surface area contributed by atoms with Crippen LogP contribution >= 0.6 is 0 Å². The van der Waals surface area contributed by atoms with Gasteiger partial charge in [-0.3, -0.25) is 14.5 Å². The quantitative estimate of drug-likeness (QED) is 0.487. The zero-order valence-electron chi connectivity index (χ0n) is 23.7. The number of hydrogen-bond acceptors (Lipinski definition) is 6. The lowest BCUT2D eigenvalue weighted by Gasteiger charge is -2.38. The molecule has 3 atom stereocenters. The van der Waals surface area contributed by atoms with Crippen molar-refractivity contribution in [1.29, 1.82) is 0 Å². The number of nitrogens with zero attached hydrogens (tertiary/aromatic N) is 2. The van der Waals surface area contributed by atoms with Gasteiger partial charge < -0.3 is 24.8 Å². The van der Waals surface area contributed by atoms with Gasteiger partial charge in [-0.25, -0.2) is 0 Å². The Labute approximate surface area is 232 Å². The van der Waals surface area contributed by atoms with Crippen molar-refractivity contribution in [2.75, 3.05) is 39.2 Å². The highest BCUT2D eigenvalue weighted by Crippen LogP contribution is 2.32. The van der Waals surface area contributed by atoms with Gasteiger partial charge in [-0.05, 0) is 62.7 Å². The number of benzene rings is 2. The Morgan fingerprint density at radius 3 is 2.56 bits per heavy atom. The molecule has 2 aliphatic rings.